The third-order valence-electron chi connectivity index (χ3n) is 4.54. The van der Waals surface area contributed by atoms with Crippen molar-refractivity contribution in [1.29, 1.82) is 0 Å². The summed E-state index contributed by atoms with van der Waals surface area (Å²) in [6, 6.07) is 12.2. The Balaban J connectivity index is 1.71. The first-order valence-electron chi connectivity index (χ1n) is 8.62. The number of methoxy groups -OCH3 is 1. The van der Waals surface area contributed by atoms with Gasteiger partial charge in [0.25, 0.3) is 0 Å². The largest absolute Gasteiger partial charge is 0.496 e. The smallest absolute Gasteiger partial charge is 0.245 e. The Kier molecular flexibility index (Phi) is 5.56. The lowest BCUT2D eigenvalue weighted by Gasteiger charge is -2.31. The Morgan fingerprint density at radius 3 is 2.69 bits per heavy atom. The molecule has 1 aliphatic heterocycles. The Bertz CT molecular complexity index is 798. The Hall–Kier alpha value is -2.82. The highest BCUT2D eigenvalue weighted by Crippen LogP contribution is 2.33. The molecule has 4 nitrogen and oxygen atoms in total. The van der Waals surface area contributed by atoms with Crippen LogP contribution in [0, 0.1) is 5.82 Å². The van der Waals surface area contributed by atoms with Gasteiger partial charge in [0.05, 0.1) is 7.11 Å². The Labute approximate surface area is 152 Å². The minimum absolute atomic E-state index is 0.0335. The number of carbonyl (C=O) groups is 1. The summed E-state index contributed by atoms with van der Waals surface area (Å²) in [6.45, 7) is 4.86. The molecule has 0 aliphatic carbocycles. The summed E-state index contributed by atoms with van der Waals surface area (Å²) in [5.41, 5.74) is 1.71. The van der Waals surface area contributed by atoms with Gasteiger partial charge in [-0.25, -0.2) is 4.39 Å². The maximum Gasteiger partial charge on any atom is 0.245 e. The standard InChI is InChI=1S/C21H22FNO3/c1-3-21(24)23-11-9-17(10-12-23)26-18-6-4-5-15(13-18)19-8-7-16(22)14-20(19)25-2/h3-8,13-14,17H,1,9-12H2,2H3. The van der Waals surface area contributed by atoms with Gasteiger partial charge in [-0.05, 0) is 35.9 Å². The van der Waals surface area contributed by atoms with Gasteiger partial charge in [-0.1, -0.05) is 18.7 Å². The zero-order valence-corrected chi connectivity index (χ0v) is 14.8. The fourth-order valence-corrected chi connectivity index (χ4v) is 3.16. The van der Waals surface area contributed by atoms with E-state index in [4.69, 9.17) is 9.47 Å². The zero-order chi connectivity index (χ0) is 18.5. The highest BCUT2D eigenvalue weighted by atomic mass is 19.1. The van der Waals surface area contributed by atoms with Crippen molar-refractivity contribution < 1.29 is 18.7 Å². The zero-order valence-electron chi connectivity index (χ0n) is 14.8. The first kappa shape index (κ1) is 18.0. The van der Waals surface area contributed by atoms with E-state index in [1.165, 1.54) is 25.3 Å². The fourth-order valence-electron chi connectivity index (χ4n) is 3.16. The molecular formula is C21H22FNO3. The van der Waals surface area contributed by atoms with E-state index in [1.54, 1.807) is 11.0 Å². The van der Waals surface area contributed by atoms with E-state index in [0.717, 1.165) is 29.7 Å². The van der Waals surface area contributed by atoms with Gasteiger partial charge in [-0.2, -0.15) is 0 Å². The summed E-state index contributed by atoms with van der Waals surface area (Å²) in [6.07, 6.45) is 2.97. The molecule has 3 rings (SSSR count). The highest BCUT2D eigenvalue weighted by Gasteiger charge is 2.22. The topological polar surface area (TPSA) is 38.8 Å². The van der Waals surface area contributed by atoms with Crippen LogP contribution in [0.4, 0.5) is 4.39 Å². The van der Waals surface area contributed by atoms with Crippen molar-refractivity contribution in [3.63, 3.8) is 0 Å². The average molecular weight is 355 g/mol. The molecule has 1 fully saturated rings. The SMILES string of the molecule is C=CC(=O)N1CCC(Oc2cccc(-c3ccc(F)cc3OC)c2)CC1. The van der Waals surface area contributed by atoms with E-state index in [0.29, 0.717) is 18.8 Å². The molecule has 0 spiro atoms. The maximum atomic E-state index is 13.4. The van der Waals surface area contributed by atoms with Crippen LogP contribution in [0.15, 0.2) is 55.1 Å². The van der Waals surface area contributed by atoms with Gasteiger partial charge in [-0.15, -0.1) is 0 Å². The number of ether oxygens (including phenoxy) is 2. The number of likely N-dealkylation sites (tertiary alicyclic amines) is 1. The van der Waals surface area contributed by atoms with Crippen LogP contribution < -0.4 is 9.47 Å². The molecule has 0 atom stereocenters. The van der Waals surface area contributed by atoms with Crippen LogP contribution in [0.5, 0.6) is 11.5 Å². The molecule has 2 aromatic rings. The molecule has 0 radical (unpaired) electrons. The lowest BCUT2D eigenvalue weighted by Crippen LogP contribution is -2.41. The first-order valence-corrected chi connectivity index (χ1v) is 8.62. The van der Waals surface area contributed by atoms with Crippen molar-refractivity contribution in [1.82, 2.24) is 4.90 Å². The van der Waals surface area contributed by atoms with Gasteiger partial charge in [0, 0.05) is 37.6 Å². The molecule has 5 heteroatoms. The van der Waals surface area contributed by atoms with Crippen LogP contribution in [-0.2, 0) is 4.79 Å². The van der Waals surface area contributed by atoms with E-state index < -0.39 is 0 Å². The van der Waals surface area contributed by atoms with Gasteiger partial charge in [-0.3, -0.25) is 4.79 Å². The minimum atomic E-state index is -0.334. The van der Waals surface area contributed by atoms with Crippen molar-refractivity contribution in [2.45, 2.75) is 18.9 Å². The van der Waals surface area contributed by atoms with Crippen molar-refractivity contribution >= 4 is 5.91 Å². The summed E-state index contributed by atoms with van der Waals surface area (Å²) in [5, 5.41) is 0. The van der Waals surface area contributed by atoms with Crippen LogP contribution >= 0.6 is 0 Å². The summed E-state index contributed by atoms with van der Waals surface area (Å²) in [7, 11) is 1.52. The minimum Gasteiger partial charge on any atom is -0.496 e. The Morgan fingerprint density at radius 2 is 2.00 bits per heavy atom. The van der Waals surface area contributed by atoms with Crippen LogP contribution in [0.2, 0.25) is 0 Å². The molecule has 1 saturated heterocycles. The molecule has 26 heavy (non-hydrogen) atoms. The molecule has 0 bridgehead atoms. The van der Waals surface area contributed by atoms with Gasteiger partial charge in [0.2, 0.25) is 5.91 Å². The van der Waals surface area contributed by atoms with Crippen LogP contribution in [0.3, 0.4) is 0 Å². The second-order valence-corrected chi connectivity index (χ2v) is 6.22. The lowest BCUT2D eigenvalue weighted by molar-refractivity contribution is -0.127. The van der Waals surface area contributed by atoms with Gasteiger partial charge >= 0.3 is 0 Å². The molecule has 0 N–H and O–H groups in total. The maximum absolute atomic E-state index is 13.4. The second-order valence-electron chi connectivity index (χ2n) is 6.22. The quantitative estimate of drug-likeness (QED) is 0.760. The molecule has 0 aromatic heterocycles. The number of hydrogen-bond donors (Lipinski definition) is 0. The number of carbonyl (C=O) groups excluding carboxylic acids is 1. The number of rotatable bonds is 5. The fraction of sp³-hybridized carbons (Fsp3) is 0.286. The summed E-state index contributed by atoms with van der Waals surface area (Å²) in [5.74, 6) is 0.869. The highest BCUT2D eigenvalue weighted by molar-refractivity contribution is 5.87. The molecule has 0 unspecified atom stereocenters. The third kappa shape index (κ3) is 4.04. The van der Waals surface area contributed by atoms with Crippen LogP contribution in [0.1, 0.15) is 12.8 Å². The molecule has 1 aliphatic rings. The number of amides is 1. The first-order chi connectivity index (χ1) is 12.6. The van der Waals surface area contributed by atoms with Crippen molar-refractivity contribution in [2.24, 2.45) is 0 Å². The molecular weight excluding hydrogens is 333 g/mol. The monoisotopic (exact) mass is 355 g/mol. The normalized spacial score (nSPS) is 14.8. The second kappa shape index (κ2) is 8.04. The van der Waals surface area contributed by atoms with E-state index in [9.17, 15) is 9.18 Å². The van der Waals surface area contributed by atoms with E-state index >= 15 is 0 Å². The lowest BCUT2D eigenvalue weighted by atomic mass is 10.0. The Morgan fingerprint density at radius 1 is 1.23 bits per heavy atom. The number of benzene rings is 2. The van der Waals surface area contributed by atoms with E-state index in [-0.39, 0.29) is 17.8 Å². The van der Waals surface area contributed by atoms with Crippen LogP contribution in [-0.4, -0.2) is 37.1 Å². The summed E-state index contributed by atoms with van der Waals surface area (Å²) < 4.78 is 24.8. The number of halogens is 1. The van der Waals surface area contributed by atoms with Gasteiger partial charge in [0.1, 0.15) is 23.4 Å². The number of nitrogens with zero attached hydrogens (tertiary/aromatic N) is 1. The van der Waals surface area contributed by atoms with Crippen LogP contribution in [0.25, 0.3) is 11.1 Å². The van der Waals surface area contributed by atoms with Crippen molar-refractivity contribution in [2.75, 3.05) is 20.2 Å². The number of piperidine rings is 1. The van der Waals surface area contributed by atoms with Crippen molar-refractivity contribution in [3.05, 3.63) is 60.9 Å². The molecule has 0 saturated carbocycles. The van der Waals surface area contributed by atoms with Crippen molar-refractivity contribution in [3.8, 4) is 22.6 Å². The third-order valence-corrected chi connectivity index (χ3v) is 4.54. The predicted octanol–water partition coefficient (Wildman–Crippen LogP) is 4.06. The molecule has 2 aromatic carbocycles. The number of hydrogen-bond acceptors (Lipinski definition) is 3. The predicted molar refractivity (Wildman–Crippen MR) is 98.8 cm³/mol. The molecule has 1 heterocycles. The van der Waals surface area contributed by atoms with Gasteiger partial charge in [0.15, 0.2) is 0 Å². The summed E-state index contributed by atoms with van der Waals surface area (Å²) >= 11 is 0. The molecule has 136 valence electrons. The van der Waals surface area contributed by atoms with E-state index in [2.05, 4.69) is 6.58 Å². The molecule has 1 amide bonds. The average Bonchev–Trinajstić information content (AvgIpc) is 2.68. The van der Waals surface area contributed by atoms with E-state index in [1.807, 2.05) is 24.3 Å². The summed E-state index contributed by atoms with van der Waals surface area (Å²) in [4.78, 5) is 13.4. The van der Waals surface area contributed by atoms with Gasteiger partial charge < -0.3 is 14.4 Å².